The Labute approximate surface area is 258 Å². The van der Waals surface area contributed by atoms with E-state index in [0.717, 1.165) is 9.87 Å². The highest BCUT2D eigenvalue weighted by Crippen LogP contribution is 2.32. The van der Waals surface area contributed by atoms with Crippen molar-refractivity contribution in [3.63, 3.8) is 0 Å². The molecule has 1 atom stereocenters. The van der Waals surface area contributed by atoms with Crippen LogP contribution in [0.15, 0.2) is 114 Å². The molecule has 2 amide bonds. The van der Waals surface area contributed by atoms with Crippen LogP contribution in [0.4, 0.5) is 10.1 Å². The van der Waals surface area contributed by atoms with Crippen molar-refractivity contribution < 1.29 is 27.1 Å². The Morgan fingerprint density at radius 1 is 0.841 bits per heavy atom. The molecule has 0 fully saturated rings. The highest BCUT2D eigenvalue weighted by atomic mass is 32.2. The average molecular weight is 618 g/mol. The minimum absolute atomic E-state index is 0.00897. The Morgan fingerprint density at radius 3 is 2.09 bits per heavy atom. The smallest absolute Gasteiger partial charge is 0.264 e. The second kappa shape index (κ2) is 15.2. The first kappa shape index (κ1) is 32.2. The summed E-state index contributed by atoms with van der Waals surface area (Å²) in [6, 6.07) is 28.3. The number of carbonyl (C=O) groups excluding carboxylic acids is 2. The van der Waals surface area contributed by atoms with Gasteiger partial charge in [0.1, 0.15) is 24.2 Å². The Bertz CT molecular complexity index is 1630. The van der Waals surface area contributed by atoms with Gasteiger partial charge in [0.05, 0.1) is 17.7 Å². The van der Waals surface area contributed by atoms with E-state index in [9.17, 15) is 22.4 Å². The lowest BCUT2D eigenvalue weighted by atomic mass is 10.0. The van der Waals surface area contributed by atoms with E-state index in [0.29, 0.717) is 18.5 Å². The van der Waals surface area contributed by atoms with Gasteiger partial charge >= 0.3 is 0 Å². The molecule has 0 aliphatic rings. The third-order valence-corrected chi connectivity index (χ3v) is 8.82. The first-order valence-corrected chi connectivity index (χ1v) is 15.7. The van der Waals surface area contributed by atoms with Gasteiger partial charge in [-0.15, -0.1) is 0 Å². The molecule has 0 radical (unpaired) electrons. The van der Waals surface area contributed by atoms with Crippen molar-refractivity contribution in [1.29, 1.82) is 0 Å². The lowest BCUT2D eigenvalue weighted by Gasteiger charge is -2.34. The van der Waals surface area contributed by atoms with Crippen LogP contribution < -0.4 is 14.4 Å². The fraction of sp³-hybridized carbons (Fsp3) is 0.235. The number of nitrogens with one attached hydrogen (secondary N) is 1. The number of hydrogen-bond donors (Lipinski definition) is 1. The molecule has 230 valence electrons. The summed E-state index contributed by atoms with van der Waals surface area (Å²) in [6.07, 6.45) is 0.871. The maximum Gasteiger partial charge on any atom is 0.264 e. The fourth-order valence-electron chi connectivity index (χ4n) is 4.78. The summed E-state index contributed by atoms with van der Waals surface area (Å²) in [6.45, 7) is 1.65. The molecular formula is C34H36FN3O5S. The van der Waals surface area contributed by atoms with E-state index in [1.165, 1.54) is 48.4 Å². The monoisotopic (exact) mass is 617 g/mol. The Hall–Kier alpha value is -4.70. The highest BCUT2D eigenvalue weighted by Gasteiger charge is 2.35. The van der Waals surface area contributed by atoms with Crippen molar-refractivity contribution in [2.24, 2.45) is 0 Å². The number of amides is 2. The molecule has 0 aliphatic heterocycles. The standard InChI is InChI=1S/C34H36FN3O5S/c1-3-22-36-34(40)31(23-26-12-6-4-7-13-26)37(24-27-18-20-28(35)21-19-27)33(39)25-38(30-16-10-11-17-32(30)43-2)44(41,42)29-14-8-5-9-15-29/h4-21,31H,3,22-25H2,1-2H3,(H,36,40). The summed E-state index contributed by atoms with van der Waals surface area (Å²) >= 11 is 0. The van der Waals surface area contributed by atoms with Crippen LogP contribution in [0.3, 0.4) is 0 Å². The van der Waals surface area contributed by atoms with Crippen molar-refractivity contribution in [3.05, 3.63) is 126 Å². The van der Waals surface area contributed by atoms with Crippen LogP contribution in [0.1, 0.15) is 24.5 Å². The number of carbonyl (C=O) groups is 2. The van der Waals surface area contributed by atoms with Crippen molar-refractivity contribution in [2.75, 3.05) is 24.5 Å². The van der Waals surface area contributed by atoms with Gasteiger partial charge in [-0.2, -0.15) is 0 Å². The number of methoxy groups -OCH3 is 1. The van der Waals surface area contributed by atoms with E-state index in [-0.39, 0.29) is 35.2 Å². The van der Waals surface area contributed by atoms with Crippen molar-refractivity contribution >= 4 is 27.5 Å². The van der Waals surface area contributed by atoms with Gasteiger partial charge < -0.3 is 15.0 Å². The predicted molar refractivity (Wildman–Crippen MR) is 168 cm³/mol. The van der Waals surface area contributed by atoms with Gasteiger partial charge in [0.2, 0.25) is 11.8 Å². The molecule has 8 nitrogen and oxygen atoms in total. The molecule has 4 aromatic rings. The molecule has 0 aromatic heterocycles. The van der Waals surface area contributed by atoms with E-state index < -0.39 is 34.3 Å². The SMILES string of the molecule is CCCNC(=O)C(Cc1ccccc1)N(Cc1ccc(F)cc1)C(=O)CN(c1ccccc1OC)S(=O)(=O)c1ccccc1. The van der Waals surface area contributed by atoms with E-state index >= 15 is 0 Å². The van der Waals surface area contributed by atoms with Crippen LogP contribution >= 0.6 is 0 Å². The molecule has 0 heterocycles. The largest absolute Gasteiger partial charge is 0.495 e. The van der Waals surface area contributed by atoms with E-state index in [1.54, 1.807) is 42.5 Å². The number of sulfonamides is 1. The van der Waals surface area contributed by atoms with Gasteiger partial charge in [0, 0.05) is 19.5 Å². The van der Waals surface area contributed by atoms with Gasteiger partial charge in [-0.1, -0.05) is 79.7 Å². The van der Waals surface area contributed by atoms with Gasteiger partial charge in [-0.25, -0.2) is 12.8 Å². The summed E-state index contributed by atoms with van der Waals surface area (Å²) in [5.41, 5.74) is 1.57. The van der Waals surface area contributed by atoms with Crippen LogP contribution in [0.2, 0.25) is 0 Å². The number of para-hydroxylation sites is 2. The first-order valence-electron chi connectivity index (χ1n) is 14.3. The fourth-order valence-corrected chi connectivity index (χ4v) is 6.22. The topological polar surface area (TPSA) is 96.0 Å². The number of ether oxygens (including phenoxy) is 1. The Kier molecular flexibility index (Phi) is 11.1. The normalized spacial score (nSPS) is 11.8. The quantitative estimate of drug-likeness (QED) is 0.210. The third kappa shape index (κ3) is 8.02. The first-order chi connectivity index (χ1) is 21.2. The minimum Gasteiger partial charge on any atom is -0.495 e. The van der Waals surface area contributed by atoms with Gasteiger partial charge in [0.15, 0.2) is 0 Å². The van der Waals surface area contributed by atoms with Gasteiger partial charge in [0.25, 0.3) is 10.0 Å². The third-order valence-electron chi connectivity index (χ3n) is 7.05. The molecule has 0 aliphatic carbocycles. The Balaban J connectivity index is 1.81. The second-order valence-corrected chi connectivity index (χ2v) is 12.0. The molecular weight excluding hydrogens is 581 g/mol. The van der Waals surface area contributed by atoms with Crippen molar-refractivity contribution in [3.8, 4) is 5.75 Å². The van der Waals surface area contributed by atoms with Crippen molar-refractivity contribution in [1.82, 2.24) is 10.2 Å². The zero-order valence-electron chi connectivity index (χ0n) is 24.7. The number of anilines is 1. The van der Waals surface area contributed by atoms with Crippen molar-refractivity contribution in [2.45, 2.75) is 37.2 Å². The predicted octanol–water partition coefficient (Wildman–Crippen LogP) is 5.20. The molecule has 4 aromatic carbocycles. The number of rotatable bonds is 14. The van der Waals surface area contributed by atoms with Gasteiger partial charge in [-0.05, 0) is 53.9 Å². The maximum atomic E-state index is 14.4. The van der Waals surface area contributed by atoms with Crippen LogP contribution in [-0.2, 0) is 32.6 Å². The maximum absolute atomic E-state index is 14.4. The van der Waals surface area contributed by atoms with Crippen LogP contribution in [-0.4, -0.2) is 51.4 Å². The molecule has 0 bridgehead atoms. The number of nitrogens with zero attached hydrogens (tertiary/aromatic N) is 2. The molecule has 0 spiro atoms. The molecule has 1 unspecified atom stereocenters. The summed E-state index contributed by atoms with van der Waals surface area (Å²) < 4.78 is 48.4. The summed E-state index contributed by atoms with van der Waals surface area (Å²) in [5.74, 6) is -1.18. The highest BCUT2D eigenvalue weighted by molar-refractivity contribution is 7.92. The number of halogens is 1. The molecule has 0 saturated carbocycles. The van der Waals surface area contributed by atoms with E-state index in [4.69, 9.17) is 4.74 Å². The summed E-state index contributed by atoms with van der Waals surface area (Å²) in [7, 11) is -2.84. The van der Waals surface area contributed by atoms with E-state index in [1.807, 2.05) is 37.3 Å². The lowest BCUT2D eigenvalue weighted by Crippen LogP contribution is -2.53. The lowest BCUT2D eigenvalue weighted by molar-refractivity contribution is -0.140. The van der Waals surface area contributed by atoms with E-state index in [2.05, 4.69) is 5.32 Å². The molecule has 10 heteroatoms. The summed E-state index contributed by atoms with van der Waals surface area (Å²) in [4.78, 5) is 29.4. The van der Waals surface area contributed by atoms with Gasteiger partial charge in [-0.3, -0.25) is 13.9 Å². The number of hydrogen-bond acceptors (Lipinski definition) is 5. The van der Waals surface area contributed by atoms with Crippen LogP contribution in [0.25, 0.3) is 0 Å². The average Bonchev–Trinajstić information content (AvgIpc) is 3.05. The molecule has 4 rings (SSSR count). The van der Waals surface area contributed by atoms with Crippen LogP contribution in [0, 0.1) is 5.82 Å². The van der Waals surface area contributed by atoms with Crippen LogP contribution in [0.5, 0.6) is 5.75 Å². The zero-order chi connectivity index (χ0) is 31.5. The molecule has 0 saturated heterocycles. The molecule has 1 N–H and O–H groups in total. The number of benzene rings is 4. The Morgan fingerprint density at radius 2 is 1.45 bits per heavy atom. The minimum atomic E-state index is -4.26. The second-order valence-electron chi connectivity index (χ2n) is 10.1. The molecule has 44 heavy (non-hydrogen) atoms. The summed E-state index contributed by atoms with van der Waals surface area (Å²) in [5, 5.41) is 2.90. The zero-order valence-corrected chi connectivity index (χ0v) is 25.5.